The van der Waals surface area contributed by atoms with Crippen LogP contribution in [0.5, 0.6) is 11.5 Å². The molecule has 0 spiro atoms. The SMILES string of the molecule is COc1ccc2c(c1)-n1nncc1Cc1c(C#CCc3cccc(OC(F)(F)F)c3)ncn1-2. The third kappa shape index (κ3) is 4.13. The zero-order valence-corrected chi connectivity index (χ0v) is 17.3. The van der Waals surface area contributed by atoms with E-state index in [1.54, 1.807) is 30.4 Å². The van der Waals surface area contributed by atoms with Crippen LogP contribution in [0.2, 0.25) is 0 Å². The molecule has 0 aliphatic carbocycles. The number of rotatable bonds is 3. The quantitative estimate of drug-likeness (QED) is 0.390. The number of hydrogen-bond acceptors (Lipinski definition) is 5. The van der Waals surface area contributed by atoms with E-state index >= 15 is 0 Å². The van der Waals surface area contributed by atoms with Gasteiger partial charge in [0.25, 0.3) is 0 Å². The van der Waals surface area contributed by atoms with Crippen LogP contribution in [0.1, 0.15) is 22.6 Å². The van der Waals surface area contributed by atoms with E-state index in [1.165, 1.54) is 18.2 Å². The molecule has 0 saturated heterocycles. The number of alkyl halides is 3. The molecule has 0 atom stereocenters. The summed E-state index contributed by atoms with van der Waals surface area (Å²) in [5.41, 5.74) is 4.57. The Hall–Kier alpha value is -4.26. The minimum atomic E-state index is -4.74. The second-order valence-electron chi connectivity index (χ2n) is 7.25. The number of halogens is 3. The summed E-state index contributed by atoms with van der Waals surface area (Å²) in [6.45, 7) is 0. The summed E-state index contributed by atoms with van der Waals surface area (Å²) >= 11 is 0. The van der Waals surface area contributed by atoms with Crippen LogP contribution < -0.4 is 9.47 Å². The van der Waals surface area contributed by atoms with Gasteiger partial charge in [0.05, 0.1) is 36.1 Å². The van der Waals surface area contributed by atoms with Gasteiger partial charge in [0.15, 0.2) is 0 Å². The molecule has 0 radical (unpaired) electrons. The zero-order valence-electron chi connectivity index (χ0n) is 17.3. The van der Waals surface area contributed by atoms with E-state index in [0.717, 1.165) is 22.8 Å². The van der Waals surface area contributed by atoms with Crippen molar-refractivity contribution < 1.29 is 22.6 Å². The van der Waals surface area contributed by atoms with E-state index < -0.39 is 6.36 Å². The molecule has 1 aliphatic heterocycles. The van der Waals surface area contributed by atoms with Crippen molar-refractivity contribution in [2.75, 3.05) is 7.11 Å². The van der Waals surface area contributed by atoms with Crippen LogP contribution in [0, 0.1) is 11.8 Å². The molecule has 5 rings (SSSR count). The van der Waals surface area contributed by atoms with E-state index in [-0.39, 0.29) is 12.2 Å². The predicted octanol–water partition coefficient (Wildman–Crippen LogP) is 3.86. The molecule has 7 nitrogen and oxygen atoms in total. The Morgan fingerprint density at radius 3 is 2.79 bits per heavy atom. The van der Waals surface area contributed by atoms with Crippen molar-refractivity contribution in [1.29, 1.82) is 0 Å². The molecule has 33 heavy (non-hydrogen) atoms. The molecule has 0 unspecified atom stereocenters. The number of ether oxygens (including phenoxy) is 2. The van der Waals surface area contributed by atoms with Gasteiger partial charge in [-0.3, -0.25) is 4.57 Å². The Labute approximate surface area is 186 Å². The van der Waals surface area contributed by atoms with Crippen LogP contribution in [0.3, 0.4) is 0 Å². The molecule has 3 heterocycles. The molecule has 2 aromatic carbocycles. The molecular weight excluding hydrogens is 435 g/mol. The van der Waals surface area contributed by atoms with Gasteiger partial charge in [-0.05, 0) is 35.7 Å². The summed E-state index contributed by atoms with van der Waals surface area (Å²) in [5.74, 6) is 6.47. The average molecular weight is 451 g/mol. The smallest absolute Gasteiger partial charge is 0.497 e. The van der Waals surface area contributed by atoms with E-state index in [2.05, 4.69) is 31.9 Å². The van der Waals surface area contributed by atoms with Crippen LogP contribution in [-0.4, -0.2) is 38.0 Å². The molecule has 0 saturated carbocycles. The third-order valence-corrected chi connectivity index (χ3v) is 5.14. The van der Waals surface area contributed by atoms with Gasteiger partial charge in [0.2, 0.25) is 0 Å². The Kier molecular flexibility index (Phi) is 5.01. The van der Waals surface area contributed by atoms with Gasteiger partial charge >= 0.3 is 6.36 Å². The van der Waals surface area contributed by atoms with Crippen LogP contribution in [0.4, 0.5) is 13.2 Å². The lowest BCUT2D eigenvalue weighted by Gasteiger charge is -2.11. The normalized spacial score (nSPS) is 12.0. The van der Waals surface area contributed by atoms with Crippen molar-refractivity contribution in [2.45, 2.75) is 19.2 Å². The van der Waals surface area contributed by atoms with E-state index in [0.29, 0.717) is 23.4 Å². The number of methoxy groups -OCH3 is 1. The maximum atomic E-state index is 12.5. The fourth-order valence-corrected chi connectivity index (χ4v) is 3.69. The molecule has 2 aromatic heterocycles. The molecule has 0 bridgehead atoms. The van der Waals surface area contributed by atoms with Crippen molar-refractivity contribution in [3.8, 4) is 34.7 Å². The van der Waals surface area contributed by atoms with Crippen molar-refractivity contribution in [1.82, 2.24) is 24.5 Å². The summed E-state index contributed by atoms with van der Waals surface area (Å²) in [5, 5.41) is 8.25. The fourth-order valence-electron chi connectivity index (χ4n) is 3.69. The van der Waals surface area contributed by atoms with Gasteiger partial charge < -0.3 is 9.47 Å². The number of nitrogens with zero attached hydrogens (tertiary/aromatic N) is 5. The first-order valence-electron chi connectivity index (χ1n) is 9.89. The third-order valence-electron chi connectivity index (χ3n) is 5.14. The lowest BCUT2D eigenvalue weighted by molar-refractivity contribution is -0.274. The van der Waals surface area contributed by atoms with Gasteiger partial charge in [-0.15, -0.1) is 18.3 Å². The summed E-state index contributed by atoms with van der Waals surface area (Å²) in [4.78, 5) is 4.47. The monoisotopic (exact) mass is 451 g/mol. The summed E-state index contributed by atoms with van der Waals surface area (Å²) in [6, 6.07) is 11.4. The summed E-state index contributed by atoms with van der Waals surface area (Å²) in [7, 11) is 1.60. The Morgan fingerprint density at radius 2 is 1.97 bits per heavy atom. The highest BCUT2D eigenvalue weighted by atomic mass is 19.4. The largest absolute Gasteiger partial charge is 0.573 e. The second kappa shape index (κ2) is 8.02. The Balaban J connectivity index is 1.46. The second-order valence-corrected chi connectivity index (χ2v) is 7.25. The van der Waals surface area contributed by atoms with Gasteiger partial charge in [-0.1, -0.05) is 23.3 Å². The van der Waals surface area contributed by atoms with Crippen LogP contribution >= 0.6 is 0 Å². The first-order valence-corrected chi connectivity index (χ1v) is 9.89. The maximum absolute atomic E-state index is 12.5. The standard InChI is InChI=1S/C23H16F3N5O2/c1-32-17-8-9-20-22(12-17)31-16(13-28-29-31)11-21-19(27-14-30(20)21)7-3-5-15-4-2-6-18(10-15)33-23(24,25)26/h2,4,6,8-10,12-14H,5,11H2,1H3. The highest BCUT2D eigenvalue weighted by molar-refractivity contribution is 5.59. The van der Waals surface area contributed by atoms with Crippen molar-refractivity contribution in [3.63, 3.8) is 0 Å². The molecular formula is C23H16F3N5O2. The van der Waals surface area contributed by atoms with Crippen molar-refractivity contribution >= 4 is 0 Å². The molecule has 0 fully saturated rings. The first kappa shape index (κ1) is 20.6. The number of aromatic nitrogens is 5. The van der Waals surface area contributed by atoms with E-state index in [1.807, 2.05) is 22.8 Å². The fraction of sp³-hybridized carbons (Fsp3) is 0.174. The highest BCUT2D eigenvalue weighted by Crippen LogP contribution is 2.31. The van der Waals surface area contributed by atoms with Gasteiger partial charge in [-0.2, -0.15) is 0 Å². The molecule has 0 amide bonds. The molecule has 10 heteroatoms. The van der Waals surface area contributed by atoms with E-state index in [4.69, 9.17) is 4.74 Å². The first-order chi connectivity index (χ1) is 15.9. The van der Waals surface area contributed by atoms with E-state index in [9.17, 15) is 13.2 Å². The lowest BCUT2D eigenvalue weighted by Crippen LogP contribution is -2.17. The van der Waals surface area contributed by atoms with Crippen molar-refractivity contribution in [2.24, 2.45) is 0 Å². The maximum Gasteiger partial charge on any atom is 0.573 e. The number of fused-ring (bicyclic) bond motifs is 5. The number of hydrogen-bond donors (Lipinski definition) is 0. The zero-order chi connectivity index (χ0) is 23.0. The molecule has 0 N–H and O–H groups in total. The predicted molar refractivity (Wildman–Crippen MR) is 112 cm³/mol. The van der Waals surface area contributed by atoms with Crippen LogP contribution in [-0.2, 0) is 12.8 Å². The van der Waals surface area contributed by atoms with Gasteiger partial charge in [0, 0.05) is 18.9 Å². The summed E-state index contributed by atoms with van der Waals surface area (Å²) in [6.07, 6.45) is -0.602. The molecule has 4 aromatic rings. The van der Waals surface area contributed by atoms with Crippen LogP contribution in [0.15, 0.2) is 55.0 Å². The average Bonchev–Trinajstić information content (AvgIpc) is 3.37. The minimum Gasteiger partial charge on any atom is -0.497 e. The van der Waals surface area contributed by atoms with Crippen LogP contribution in [0.25, 0.3) is 11.4 Å². The Morgan fingerprint density at radius 1 is 1.09 bits per heavy atom. The Bertz CT molecular complexity index is 1400. The molecule has 1 aliphatic rings. The van der Waals surface area contributed by atoms with Gasteiger partial charge in [0.1, 0.15) is 23.5 Å². The summed E-state index contributed by atoms with van der Waals surface area (Å²) < 4.78 is 50.4. The molecule has 166 valence electrons. The highest BCUT2D eigenvalue weighted by Gasteiger charge is 2.31. The lowest BCUT2D eigenvalue weighted by atomic mass is 10.1. The number of benzene rings is 2. The number of imidazole rings is 1. The van der Waals surface area contributed by atoms with Crippen molar-refractivity contribution in [3.05, 3.63) is 77.6 Å². The van der Waals surface area contributed by atoms with Gasteiger partial charge in [-0.25, -0.2) is 9.67 Å². The topological polar surface area (TPSA) is 67.0 Å². The minimum absolute atomic E-state index is 0.245.